The SMILES string of the molecule is CCCCCCCCOC(=O)C(C)Oc1ccc(-c2nc(-c3ccc(OC(C)C(=O)OCCCCCCCC)cc3O)nc(-c3ccc4ccc5cccc6ccc3c4c56)n2)c(O)c1. The summed E-state index contributed by atoms with van der Waals surface area (Å²) in [5.41, 5.74) is 1.29. The minimum atomic E-state index is -0.899. The molecule has 2 N–H and O–H groups in total. The Bertz CT molecular complexity index is 2560. The predicted molar refractivity (Wildman–Crippen MR) is 252 cm³/mol. The first kappa shape index (κ1) is 45.5. The van der Waals surface area contributed by atoms with Crippen molar-refractivity contribution in [3.63, 3.8) is 0 Å². The molecule has 64 heavy (non-hydrogen) atoms. The van der Waals surface area contributed by atoms with Crippen molar-refractivity contribution in [3.8, 4) is 57.2 Å². The number of nitrogens with zero attached hydrogens (tertiary/aromatic N) is 3. The molecule has 7 rings (SSSR count). The van der Waals surface area contributed by atoms with Crippen LogP contribution in [0.25, 0.3) is 66.5 Å². The van der Waals surface area contributed by atoms with Gasteiger partial charge in [0, 0.05) is 17.7 Å². The van der Waals surface area contributed by atoms with E-state index in [1.165, 1.54) is 50.7 Å². The number of phenolic OH excluding ortho intramolecular Hbond substituents is 2. The van der Waals surface area contributed by atoms with Crippen molar-refractivity contribution in [2.75, 3.05) is 13.2 Å². The lowest BCUT2D eigenvalue weighted by atomic mass is 9.92. The van der Waals surface area contributed by atoms with Crippen LogP contribution in [0, 0.1) is 0 Å². The third-order valence-corrected chi connectivity index (χ3v) is 11.6. The van der Waals surface area contributed by atoms with Gasteiger partial charge in [0.15, 0.2) is 29.7 Å². The average molecular weight is 866 g/mol. The fourth-order valence-electron chi connectivity index (χ4n) is 8.06. The molecule has 0 radical (unpaired) electrons. The van der Waals surface area contributed by atoms with Gasteiger partial charge in [-0.05, 0) is 89.3 Å². The second kappa shape index (κ2) is 21.7. The number of benzene rings is 6. The number of hydrogen-bond donors (Lipinski definition) is 2. The molecule has 0 fully saturated rings. The van der Waals surface area contributed by atoms with Crippen LogP contribution in [-0.2, 0) is 19.1 Å². The molecule has 0 spiro atoms. The number of ether oxygens (including phenoxy) is 4. The Morgan fingerprint density at radius 1 is 0.500 bits per heavy atom. The lowest BCUT2D eigenvalue weighted by Gasteiger charge is -2.16. The van der Waals surface area contributed by atoms with Crippen LogP contribution in [0.15, 0.2) is 91.0 Å². The van der Waals surface area contributed by atoms with E-state index in [9.17, 15) is 19.8 Å². The van der Waals surface area contributed by atoms with Crippen LogP contribution in [0.1, 0.15) is 105 Å². The van der Waals surface area contributed by atoms with Crippen molar-refractivity contribution in [2.24, 2.45) is 0 Å². The van der Waals surface area contributed by atoms with Gasteiger partial charge in [0.1, 0.15) is 23.0 Å². The molecule has 0 saturated carbocycles. The summed E-state index contributed by atoms with van der Waals surface area (Å²) in [4.78, 5) is 40.1. The molecule has 11 heteroatoms. The topological polar surface area (TPSA) is 150 Å². The standard InChI is InChI=1S/C53H59N3O8/c1-5-7-9-11-13-15-30-61-52(59)34(3)63-39-24-28-43(45(57)32-39)50-54-49(42-27-23-38-21-20-36-18-17-19-37-22-26-41(42)48(38)47(36)37)55-51(56-50)44-29-25-40(33-46(44)58)64-35(4)53(60)62-31-16-14-12-10-8-6-2/h17-29,32-35,57-58H,5-16,30-31H2,1-4H3. The molecular formula is C53H59N3O8. The highest BCUT2D eigenvalue weighted by Crippen LogP contribution is 2.41. The summed E-state index contributed by atoms with van der Waals surface area (Å²) in [6.45, 7) is 8.24. The highest BCUT2D eigenvalue weighted by atomic mass is 16.6. The van der Waals surface area contributed by atoms with Crippen LogP contribution in [0.3, 0.4) is 0 Å². The van der Waals surface area contributed by atoms with E-state index in [2.05, 4.69) is 50.2 Å². The fourth-order valence-corrected chi connectivity index (χ4v) is 8.06. The highest BCUT2D eigenvalue weighted by Gasteiger charge is 2.23. The monoisotopic (exact) mass is 865 g/mol. The number of carbonyl (C=O) groups excluding carboxylic acids is 2. The molecule has 1 heterocycles. The fraction of sp³-hybridized carbons (Fsp3) is 0.377. The minimum Gasteiger partial charge on any atom is -0.507 e. The zero-order chi connectivity index (χ0) is 45.0. The Hall–Kier alpha value is -6.49. The third kappa shape index (κ3) is 11.0. The van der Waals surface area contributed by atoms with Crippen LogP contribution in [0.5, 0.6) is 23.0 Å². The molecule has 2 atom stereocenters. The van der Waals surface area contributed by atoms with E-state index in [1.54, 1.807) is 38.1 Å². The van der Waals surface area contributed by atoms with E-state index in [4.69, 9.17) is 33.9 Å². The van der Waals surface area contributed by atoms with Gasteiger partial charge < -0.3 is 29.2 Å². The van der Waals surface area contributed by atoms with Crippen LogP contribution in [0.2, 0.25) is 0 Å². The molecule has 0 amide bonds. The number of carbonyl (C=O) groups is 2. The minimum absolute atomic E-state index is 0.141. The van der Waals surface area contributed by atoms with Crippen LogP contribution in [0.4, 0.5) is 0 Å². The number of aromatic hydroxyl groups is 2. The Balaban J connectivity index is 1.16. The largest absolute Gasteiger partial charge is 0.507 e. The summed E-state index contributed by atoms with van der Waals surface area (Å²) in [7, 11) is 0. The summed E-state index contributed by atoms with van der Waals surface area (Å²) in [5, 5.41) is 29.4. The first-order valence-electron chi connectivity index (χ1n) is 22.9. The first-order chi connectivity index (χ1) is 31.1. The molecule has 2 unspecified atom stereocenters. The highest BCUT2D eigenvalue weighted by molar-refractivity contribution is 6.25. The van der Waals surface area contributed by atoms with E-state index in [0.717, 1.165) is 76.4 Å². The van der Waals surface area contributed by atoms with Gasteiger partial charge in [-0.1, -0.05) is 127 Å². The molecule has 0 saturated heterocycles. The van der Waals surface area contributed by atoms with Gasteiger partial charge >= 0.3 is 11.9 Å². The van der Waals surface area contributed by atoms with Crippen LogP contribution in [-0.4, -0.2) is 62.5 Å². The number of esters is 2. The van der Waals surface area contributed by atoms with Crippen molar-refractivity contribution in [3.05, 3.63) is 91.0 Å². The molecule has 11 nitrogen and oxygen atoms in total. The van der Waals surface area contributed by atoms with E-state index < -0.39 is 24.1 Å². The molecular weight excluding hydrogens is 807 g/mol. The first-order valence-corrected chi connectivity index (χ1v) is 22.9. The van der Waals surface area contributed by atoms with Crippen molar-refractivity contribution in [1.29, 1.82) is 0 Å². The molecule has 0 aliphatic heterocycles. The second-order valence-corrected chi connectivity index (χ2v) is 16.5. The Morgan fingerprint density at radius 2 is 0.906 bits per heavy atom. The number of unbranched alkanes of at least 4 members (excludes halogenated alkanes) is 10. The molecule has 334 valence electrons. The zero-order valence-corrected chi connectivity index (χ0v) is 37.4. The average Bonchev–Trinajstić information content (AvgIpc) is 3.29. The summed E-state index contributed by atoms with van der Waals surface area (Å²) in [5.74, 6) is -0.202. The summed E-state index contributed by atoms with van der Waals surface area (Å²) in [6.07, 6.45) is 11.2. The molecule has 6 aromatic carbocycles. The second-order valence-electron chi connectivity index (χ2n) is 16.5. The smallest absolute Gasteiger partial charge is 0.347 e. The Morgan fingerprint density at radius 3 is 1.39 bits per heavy atom. The summed E-state index contributed by atoms with van der Waals surface area (Å²) in [6, 6.07) is 28.0. The van der Waals surface area contributed by atoms with Crippen molar-refractivity contribution < 1.29 is 38.7 Å². The van der Waals surface area contributed by atoms with E-state index in [-0.39, 0.29) is 45.8 Å². The summed E-state index contributed by atoms with van der Waals surface area (Å²) < 4.78 is 22.7. The van der Waals surface area contributed by atoms with Gasteiger partial charge in [-0.15, -0.1) is 0 Å². The normalized spacial score (nSPS) is 12.4. The van der Waals surface area contributed by atoms with Gasteiger partial charge in [-0.3, -0.25) is 0 Å². The van der Waals surface area contributed by atoms with Crippen molar-refractivity contribution >= 4 is 44.3 Å². The lowest BCUT2D eigenvalue weighted by molar-refractivity contribution is -0.152. The number of hydrogen-bond acceptors (Lipinski definition) is 11. The van der Waals surface area contributed by atoms with Crippen LogP contribution < -0.4 is 9.47 Å². The summed E-state index contributed by atoms with van der Waals surface area (Å²) >= 11 is 0. The van der Waals surface area contributed by atoms with Gasteiger partial charge in [-0.25, -0.2) is 24.5 Å². The molecule has 0 bridgehead atoms. The van der Waals surface area contributed by atoms with Gasteiger partial charge in [-0.2, -0.15) is 0 Å². The number of phenols is 2. The molecule has 0 aliphatic carbocycles. The maximum atomic E-state index is 12.7. The molecule has 0 aliphatic rings. The maximum Gasteiger partial charge on any atom is 0.347 e. The third-order valence-electron chi connectivity index (χ3n) is 11.6. The van der Waals surface area contributed by atoms with Gasteiger partial charge in [0.2, 0.25) is 0 Å². The quantitative estimate of drug-likeness (QED) is 0.0359. The molecule has 1 aromatic heterocycles. The van der Waals surface area contributed by atoms with Crippen LogP contribution >= 0.6 is 0 Å². The Labute approximate surface area is 375 Å². The predicted octanol–water partition coefficient (Wildman–Crippen LogP) is 12.5. The van der Waals surface area contributed by atoms with E-state index >= 15 is 0 Å². The number of aromatic nitrogens is 3. The maximum absolute atomic E-state index is 12.7. The van der Waals surface area contributed by atoms with Crippen molar-refractivity contribution in [2.45, 2.75) is 117 Å². The Kier molecular flexibility index (Phi) is 15.5. The zero-order valence-electron chi connectivity index (χ0n) is 37.4. The van der Waals surface area contributed by atoms with Gasteiger partial charge in [0.25, 0.3) is 0 Å². The number of rotatable bonds is 23. The lowest BCUT2D eigenvalue weighted by Crippen LogP contribution is -2.26. The van der Waals surface area contributed by atoms with Crippen molar-refractivity contribution in [1.82, 2.24) is 15.0 Å². The van der Waals surface area contributed by atoms with E-state index in [0.29, 0.717) is 19.0 Å². The van der Waals surface area contributed by atoms with Gasteiger partial charge in [0.05, 0.1) is 24.3 Å². The van der Waals surface area contributed by atoms with E-state index in [1.807, 2.05) is 18.2 Å². The molecule has 7 aromatic rings.